The molecule has 1 heterocycles. The number of rotatable bonds is 6. The van der Waals surface area contributed by atoms with Gasteiger partial charge in [-0.2, -0.15) is 0 Å². The number of nitrogens with zero attached hydrogens (tertiary/aromatic N) is 3. The summed E-state index contributed by atoms with van der Waals surface area (Å²) in [6, 6.07) is 1.35. The lowest BCUT2D eigenvalue weighted by Gasteiger charge is -2.29. The zero-order valence-electron chi connectivity index (χ0n) is 18.8. The quantitative estimate of drug-likeness (QED) is 0.535. The number of nitrogens with one attached hydrogen (secondary N) is 2. The molecule has 2 unspecified atom stereocenters. The van der Waals surface area contributed by atoms with Crippen LogP contribution in [0.4, 0.5) is 4.79 Å². The van der Waals surface area contributed by atoms with Gasteiger partial charge in [0.25, 0.3) is 0 Å². The van der Waals surface area contributed by atoms with Gasteiger partial charge in [0.15, 0.2) is 5.96 Å². The summed E-state index contributed by atoms with van der Waals surface area (Å²) < 4.78 is 5.44. The summed E-state index contributed by atoms with van der Waals surface area (Å²) in [5.41, 5.74) is -0.469. The van der Waals surface area contributed by atoms with Crippen LogP contribution in [0, 0.1) is 0 Å². The normalized spacial score (nSPS) is 22.9. The van der Waals surface area contributed by atoms with Gasteiger partial charge in [0, 0.05) is 51.9 Å². The van der Waals surface area contributed by atoms with Gasteiger partial charge in [0.1, 0.15) is 5.60 Å². The van der Waals surface area contributed by atoms with Gasteiger partial charge in [0.05, 0.1) is 0 Å². The van der Waals surface area contributed by atoms with Crippen molar-refractivity contribution < 1.29 is 9.53 Å². The van der Waals surface area contributed by atoms with Crippen molar-refractivity contribution in [1.29, 1.82) is 0 Å². The summed E-state index contributed by atoms with van der Waals surface area (Å²) in [7, 11) is 3.61. The summed E-state index contributed by atoms with van der Waals surface area (Å²) >= 11 is 0. The molecule has 0 aromatic rings. The first-order chi connectivity index (χ1) is 13.2. The Labute approximate surface area is 171 Å². The van der Waals surface area contributed by atoms with Crippen molar-refractivity contribution >= 4 is 12.1 Å². The molecule has 2 atom stereocenters. The molecular weight excluding hydrogens is 354 g/mol. The van der Waals surface area contributed by atoms with Crippen LogP contribution in [0.25, 0.3) is 0 Å². The standard InChI is InChI=1S/C21H41N5O2/c1-16(25(6)20(27)28-21(2,3)4)11-13-23-19(22-5)24-17-12-14-26(15-17)18-9-7-8-10-18/h16-18H,7-15H2,1-6H3,(H2,22,23,24). The van der Waals surface area contributed by atoms with E-state index in [1.165, 1.54) is 38.6 Å². The molecule has 2 aliphatic rings. The van der Waals surface area contributed by atoms with E-state index in [4.69, 9.17) is 4.74 Å². The molecule has 1 saturated heterocycles. The lowest BCUT2D eigenvalue weighted by atomic mass is 10.2. The second-order valence-electron chi connectivity index (χ2n) is 9.29. The molecule has 162 valence electrons. The van der Waals surface area contributed by atoms with Gasteiger partial charge in [-0.3, -0.25) is 9.89 Å². The molecule has 2 N–H and O–H groups in total. The third-order valence-corrected chi connectivity index (χ3v) is 5.82. The molecule has 2 fully saturated rings. The van der Waals surface area contributed by atoms with E-state index in [2.05, 4.69) is 20.5 Å². The Morgan fingerprint density at radius 2 is 1.96 bits per heavy atom. The topological polar surface area (TPSA) is 69.2 Å². The van der Waals surface area contributed by atoms with E-state index in [1.807, 2.05) is 34.7 Å². The molecule has 1 aliphatic heterocycles. The minimum absolute atomic E-state index is 0.0878. The number of carbonyl (C=O) groups excluding carboxylic acids is 1. The Morgan fingerprint density at radius 3 is 2.57 bits per heavy atom. The van der Waals surface area contributed by atoms with Crippen molar-refractivity contribution in [3.8, 4) is 0 Å². The first kappa shape index (κ1) is 22.8. The Kier molecular flexibility index (Phi) is 8.40. The number of aliphatic imine (C=N–C) groups is 1. The molecule has 7 nitrogen and oxygen atoms in total. The lowest BCUT2D eigenvalue weighted by molar-refractivity contribution is 0.0230. The van der Waals surface area contributed by atoms with Crippen molar-refractivity contribution in [3.63, 3.8) is 0 Å². The Balaban J connectivity index is 1.68. The Bertz CT molecular complexity index is 525. The summed E-state index contributed by atoms with van der Waals surface area (Å²) in [4.78, 5) is 20.9. The number of guanidine groups is 1. The second kappa shape index (κ2) is 10.3. The van der Waals surface area contributed by atoms with Crippen molar-refractivity contribution in [2.45, 2.75) is 89.9 Å². The van der Waals surface area contributed by atoms with Gasteiger partial charge in [-0.15, -0.1) is 0 Å². The lowest BCUT2D eigenvalue weighted by Crippen LogP contribution is -2.46. The van der Waals surface area contributed by atoms with Crippen molar-refractivity contribution in [3.05, 3.63) is 0 Å². The SMILES string of the molecule is CN=C(NCCC(C)N(C)C(=O)OC(C)(C)C)NC1CCN(C2CCCC2)C1. The highest BCUT2D eigenvalue weighted by Crippen LogP contribution is 2.26. The maximum atomic E-state index is 12.2. The van der Waals surface area contributed by atoms with E-state index >= 15 is 0 Å². The molecule has 0 spiro atoms. The number of carbonyl (C=O) groups is 1. The van der Waals surface area contributed by atoms with Crippen molar-refractivity contribution in [2.24, 2.45) is 4.99 Å². The minimum Gasteiger partial charge on any atom is -0.444 e. The smallest absolute Gasteiger partial charge is 0.410 e. The maximum absolute atomic E-state index is 12.2. The van der Waals surface area contributed by atoms with Crippen LogP contribution in [-0.2, 0) is 4.74 Å². The van der Waals surface area contributed by atoms with Gasteiger partial charge < -0.3 is 20.3 Å². The zero-order valence-corrected chi connectivity index (χ0v) is 18.8. The number of hydrogen-bond acceptors (Lipinski definition) is 4. The molecule has 7 heteroatoms. The average Bonchev–Trinajstić information content (AvgIpc) is 3.29. The molecule has 2 rings (SSSR count). The fourth-order valence-electron chi connectivity index (χ4n) is 4.00. The van der Waals surface area contributed by atoms with Gasteiger partial charge in [-0.05, 0) is 53.4 Å². The minimum atomic E-state index is -0.469. The highest BCUT2D eigenvalue weighted by molar-refractivity contribution is 5.80. The van der Waals surface area contributed by atoms with E-state index in [1.54, 1.807) is 11.9 Å². The molecule has 28 heavy (non-hydrogen) atoms. The second-order valence-corrected chi connectivity index (χ2v) is 9.29. The van der Waals surface area contributed by atoms with E-state index in [-0.39, 0.29) is 12.1 Å². The zero-order chi connectivity index (χ0) is 20.7. The summed E-state index contributed by atoms with van der Waals surface area (Å²) in [6.07, 6.45) is 7.23. The van der Waals surface area contributed by atoms with Gasteiger partial charge in [0.2, 0.25) is 0 Å². The van der Waals surface area contributed by atoms with Gasteiger partial charge in [-0.25, -0.2) is 4.79 Å². The van der Waals surface area contributed by atoms with Crippen molar-refractivity contribution in [2.75, 3.05) is 33.7 Å². The first-order valence-corrected chi connectivity index (χ1v) is 10.9. The highest BCUT2D eigenvalue weighted by Gasteiger charge is 2.30. The third-order valence-electron chi connectivity index (χ3n) is 5.82. The van der Waals surface area contributed by atoms with Gasteiger partial charge >= 0.3 is 6.09 Å². The van der Waals surface area contributed by atoms with Crippen LogP contribution >= 0.6 is 0 Å². The highest BCUT2D eigenvalue weighted by atomic mass is 16.6. The molecular formula is C21H41N5O2. The summed E-state index contributed by atoms with van der Waals surface area (Å²) in [6.45, 7) is 10.8. The molecule has 0 aromatic carbocycles. The van der Waals surface area contributed by atoms with Crippen LogP contribution in [0.5, 0.6) is 0 Å². The van der Waals surface area contributed by atoms with Crippen LogP contribution in [0.3, 0.4) is 0 Å². The number of amides is 1. The van der Waals surface area contributed by atoms with Crippen LogP contribution in [0.2, 0.25) is 0 Å². The fourth-order valence-corrected chi connectivity index (χ4v) is 4.00. The average molecular weight is 396 g/mol. The fraction of sp³-hybridized carbons (Fsp3) is 0.905. The van der Waals surface area contributed by atoms with Crippen molar-refractivity contribution in [1.82, 2.24) is 20.4 Å². The van der Waals surface area contributed by atoms with Crippen LogP contribution in [0.1, 0.15) is 66.2 Å². The van der Waals surface area contributed by atoms with Crippen LogP contribution < -0.4 is 10.6 Å². The Morgan fingerprint density at radius 1 is 1.29 bits per heavy atom. The first-order valence-electron chi connectivity index (χ1n) is 10.9. The summed E-state index contributed by atoms with van der Waals surface area (Å²) in [5.74, 6) is 0.852. The van der Waals surface area contributed by atoms with E-state index in [0.29, 0.717) is 6.04 Å². The van der Waals surface area contributed by atoms with Gasteiger partial charge in [-0.1, -0.05) is 12.8 Å². The predicted molar refractivity (Wildman–Crippen MR) is 115 cm³/mol. The van der Waals surface area contributed by atoms with E-state index < -0.39 is 5.60 Å². The maximum Gasteiger partial charge on any atom is 0.410 e. The number of hydrogen-bond donors (Lipinski definition) is 2. The number of likely N-dealkylation sites (tertiary alicyclic amines) is 1. The molecule has 0 radical (unpaired) electrons. The van der Waals surface area contributed by atoms with Crippen LogP contribution in [-0.4, -0.2) is 79.3 Å². The van der Waals surface area contributed by atoms with Crippen LogP contribution in [0.15, 0.2) is 4.99 Å². The molecule has 1 saturated carbocycles. The number of ether oxygens (including phenoxy) is 1. The largest absolute Gasteiger partial charge is 0.444 e. The monoisotopic (exact) mass is 395 g/mol. The van der Waals surface area contributed by atoms with E-state index in [0.717, 1.165) is 31.5 Å². The predicted octanol–water partition coefficient (Wildman–Crippen LogP) is 2.81. The molecule has 1 amide bonds. The molecule has 1 aliphatic carbocycles. The molecule has 0 bridgehead atoms. The molecule has 0 aromatic heterocycles. The van der Waals surface area contributed by atoms with E-state index in [9.17, 15) is 4.79 Å². The Hall–Kier alpha value is -1.50. The summed E-state index contributed by atoms with van der Waals surface area (Å²) in [5, 5.41) is 6.96. The third kappa shape index (κ3) is 7.15.